The van der Waals surface area contributed by atoms with Crippen LogP contribution in [0.1, 0.15) is 128 Å². The molecule has 42 heavy (non-hydrogen) atoms. The number of carbonyl (C=O) groups is 2. The van der Waals surface area contributed by atoms with Gasteiger partial charge in [-0.1, -0.05) is 78.2 Å². The predicted octanol–water partition coefficient (Wildman–Crippen LogP) is 9.09. The van der Waals surface area contributed by atoms with Gasteiger partial charge in [0.1, 0.15) is 18.1 Å². The lowest BCUT2D eigenvalue weighted by atomic mass is 9.87. The quantitative estimate of drug-likeness (QED) is 0.136. The summed E-state index contributed by atoms with van der Waals surface area (Å²) in [5.41, 5.74) is 3.70. The van der Waals surface area contributed by atoms with Gasteiger partial charge in [0.25, 0.3) is 0 Å². The molecule has 1 unspecified atom stereocenters. The monoisotopic (exact) mass is 586 g/mol. The molecule has 0 aliphatic carbocycles. The number of esters is 1. The van der Waals surface area contributed by atoms with E-state index in [9.17, 15) is 9.59 Å². The smallest absolute Gasteiger partial charge is 0.350 e. The van der Waals surface area contributed by atoms with E-state index in [-0.39, 0.29) is 12.6 Å². The molecule has 1 aliphatic rings. The molecule has 6 nitrogen and oxygen atoms in total. The molecule has 0 bridgehead atoms. The standard InChI is InChI=1S/C36H58O6/c1-24(2)13-10-14-25(3)15-11-16-26(4)17-12-18-27(5)20-22-40-35(39)36(9)21-19-31-30(8)33(41-23-32(37)38)28(6)29(7)34(31)42-36/h20,24-26H,10-19,21-23H2,1-9H3,(H,37,38)/b27-20+/t25-,26-,36?/m1/s1. The van der Waals surface area contributed by atoms with Crippen LogP contribution in [0, 0.1) is 38.5 Å². The highest BCUT2D eigenvalue weighted by atomic mass is 16.6. The Morgan fingerprint density at radius 2 is 1.52 bits per heavy atom. The molecule has 0 saturated carbocycles. The third-order valence-electron chi connectivity index (χ3n) is 9.05. The van der Waals surface area contributed by atoms with Crippen molar-refractivity contribution in [1.29, 1.82) is 0 Å². The number of hydrogen-bond acceptors (Lipinski definition) is 5. The van der Waals surface area contributed by atoms with Crippen LogP contribution in [0.2, 0.25) is 0 Å². The van der Waals surface area contributed by atoms with Crippen molar-refractivity contribution in [3.8, 4) is 11.5 Å². The first kappa shape index (κ1) is 35.7. The minimum Gasteiger partial charge on any atom is -0.481 e. The van der Waals surface area contributed by atoms with Gasteiger partial charge in [0.05, 0.1) is 0 Å². The van der Waals surface area contributed by atoms with E-state index in [0.717, 1.165) is 52.8 Å². The Bertz CT molecular complexity index is 1070. The Labute approximate surface area is 255 Å². The Morgan fingerprint density at radius 3 is 2.12 bits per heavy atom. The first-order chi connectivity index (χ1) is 19.7. The number of ether oxygens (including phenoxy) is 3. The van der Waals surface area contributed by atoms with Gasteiger partial charge in [0.2, 0.25) is 5.60 Å². The van der Waals surface area contributed by atoms with E-state index in [0.29, 0.717) is 24.3 Å². The Morgan fingerprint density at radius 1 is 0.929 bits per heavy atom. The van der Waals surface area contributed by atoms with E-state index in [1.54, 1.807) is 6.92 Å². The van der Waals surface area contributed by atoms with Crippen molar-refractivity contribution in [3.05, 3.63) is 33.9 Å². The molecule has 1 aliphatic heterocycles. The number of aliphatic carboxylic acids is 1. The first-order valence-corrected chi connectivity index (χ1v) is 16.2. The number of carboxylic acid groups (broad SMARTS) is 1. The number of carboxylic acids is 1. The molecule has 2 rings (SSSR count). The van der Waals surface area contributed by atoms with Crippen molar-refractivity contribution >= 4 is 11.9 Å². The largest absolute Gasteiger partial charge is 0.481 e. The van der Waals surface area contributed by atoms with Crippen molar-refractivity contribution in [2.75, 3.05) is 13.2 Å². The summed E-state index contributed by atoms with van der Waals surface area (Å²) in [5, 5.41) is 9.03. The van der Waals surface area contributed by atoms with Crippen molar-refractivity contribution in [2.24, 2.45) is 17.8 Å². The molecule has 0 amide bonds. The summed E-state index contributed by atoms with van der Waals surface area (Å²) >= 11 is 0. The van der Waals surface area contributed by atoms with Gasteiger partial charge < -0.3 is 19.3 Å². The fraction of sp³-hybridized carbons (Fsp3) is 0.722. The van der Waals surface area contributed by atoms with Crippen LogP contribution in [0.3, 0.4) is 0 Å². The van der Waals surface area contributed by atoms with Crippen molar-refractivity contribution < 1.29 is 28.9 Å². The number of rotatable bonds is 18. The van der Waals surface area contributed by atoms with Crippen LogP contribution in [0.15, 0.2) is 11.6 Å². The highest BCUT2D eigenvalue weighted by molar-refractivity contribution is 5.80. The lowest BCUT2D eigenvalue weighted by Gasteiger charge is -2.36. The molecule has 1 aromatic rings. The maximum absolute atomic E-state index is 13.1. The van der Waals surface area contributed by atoms with Gasteiger partial charge in [-0.25, -0.2) is 9.59 Å². The van der Waals surface area contributed by atoms with Crippen molar-refractivity contribution in [2.45, 2.75) is 139 Å². The summed E-state index contributed by atoms with van der Waals surface area (Å²) in [7, 11) is 0. The van der Waals surface area contributed by atoms with Crippen LogP contribution >= 0.6 is 0 Å². The average molecular weight is 587 g/mol. The Kier molecular flexibility index (Phi) is 14.4. The Hall–Kier alpha value is -2.50. The summed E-state index contributed by atoms with van der Waals surface area (Å²) in [6.45, 7) is 18.9. The van der Waals surface area contributed by atoms with E-state index in [4.69, 9.17) is 19.3 Å². The predicted molar refractivity (Wildman–Crippen MR) is 171 cm³/mol. The third-order valence-corrected chi connectivity index (χ3v) is 9.05. The molecule has 0 fully saturated rings. The van der Waals surface area contributed by atoms with Gasteiger partial charge in [-0.15, -0.1) is 0 Å². The molecule has 0 radical (unpaired) electrons. The molecule has 0 saturated heterocycles. The van der Waals surface area contributed by atoms with Gasteiger partial charge in [-0.2, -0.15) is 0 Å². The van der Waals surface area contributed by atoms with E-state index in [1.165, 1.54) is 50.5 Å². The average Bonchev–Trinajstić information content (AvgIpc) is 2.91. The van der Waals surface area contributed by atoms with Crippen LogP contribution in [-0.2, 0) is 20.7 Å². The van der Waals surface area contributed by atoms with Crippen LogP contribution in [0.25, 0.3) is 0 Å². The molecule has 238 valence electrons. The minimum atomic E-state index is -1.07. The molecular weight excluding hydrogens is 528 g/mol. The van der Waals surface area contributed by atoms with Crippen LogP contribution in [0.5, 0.6) is 11.5 Å². The second kappa shape index (κ2) is 17.0. The van der Waals surface area contributed by atoms with Gasteiger partial charge in [0.15, 0.2) is 6.61 Å². The molecule has 1 heterocycles. The van der Waals surface area contributed by atoms with Crippen LogP contribution in [-0.4, -0.2) is 35.9 Å². The maximum atomic E-state index is 13.1. The molecule has 1 N–H and O–H groups in total. The summed E-state index contributed by atoms with van der Waals surface area (Å²) in [6.07, 6.45) is 14.6. The van der Waals surface area contributed by atoms with Crippen molar-refractivity contribution in [3.63, 3.8) is 0 Å². The van der Waals surface area contributed by atoms with Crippen molar-refractivity contribution in [1.82, 2.24) is 0 Å². The highest BCUT2D eigenvalue weighted by Gasteiger charge is 2.42. The topological polar surface area (TPSA) is 82.1 Å². The number of allylic oxidation sites excluding steroid dienone is 1. The molecule has 1 aromatic carbocycles. The number of benzene rings is 1. The lowest BCUT2D eigenvalue weighted by molar-refractivity contribution is -0.161. The zero-order chi connectivity index (χ0) is 31.4. The SMILES string of the molecule is C/C(=C\COC(=O)C1(C)CCc2c(C)c(OCC(=O)O)c(C)c(C)c2O1)CCC[C@H](C)CCC[C@H](C)CCCC(C)C. The summed E-state index contributed by atoms with van der Waals surface area (Å²) in [6, 6.07) is 0. The van der Waals surface area contributed by atoms with Gasteiger partial charge in [-0.3, -0.25) is 0 Å². The number of hydrogen-bond donors (Lipinski definition) is 1. The number of fused-ring (bicyclic) bond motifs is 1. The first-order valence-electron chi connectivity index (χ1n) is 16.2. The third kappa shape index (κ3) is 11.0. The summed E-state index contributed by atoms with van der Waals surface area (Å²) in [5.74, 6) is 2.30. The maximum Gasteiger partial charge on any atom is 0.350 e. The fourth-order valence-electron chi connectivity index (χ4n) is 5.95. The van der Waals surface area contributed by atoms with Crippen LogP contribution in [0.4, 0.5) is 0 Å². The van der Waals surface area contributed by atoms with Gasteiger partial charge in [0, 0.05) is 12.0 Å². The molecule has 3 atom stereocenters. The van der Waals surface area contributed by atoms with Crippen LogP contribution < -0.4 is 9.47 Å². The zero-order valence-electron chi connectivity index (χ0n) is 28.0. The van der Waals surface area contributed by atoms with E-state index in [1.807, 2.05) is 26.8 Å². The second-order valence-corrected chi connectivity index (χ2v) is 13.5. The van der Waals surface area contributed by atoms with E-state index >= 15 is 0 Å². The van der Waals surface area contributed by atoms with Gasteiger partial charge in [-0.05, 0) is 94.4 Å². The zero-order valence-corrected chi connectivity index (χ0v) is 28.0. The van der Waals surface area contributed by atoms with E-state index < -0.39 is 18.2 Å². The highest BCUT2D eigenvalue weighted by Crippen LogP contribution is 2.44. The Balaban J connectivity index is 1.78. The minimum absolute atomic E-state index is 0.250. The van der Waals surface area contributed by atoms with Gasteiger partial charge >= 0.3 is 11.9 Å². The molecule has 6 heteroatoms. The number of carbonyl (C=O) groups excluding carboxylic acids is 1. The summed E-state index contributed by atoms with van der Waals surface area (Å²) in [4.78, 5) is 24.1. The summed E-state index contributed by atoms with van der Waals surface area (Å²) < 4.78 is 17.6. The van der Waals surface area contributed by atoms with E-state index in [2.05, 4.69) is 34.6 Å². The molecule has 0 aromatic heterocycles. The fourth-order valence-corrected chi connectivity index (χ4v) is 5.95. The lowest BCUT2D eigenvalue weighted by Crippen LogP contribution is -2.46. The second-order valence-electron chi connectivity index (χ2n) is 13.5. The molecule has 0 spiro atoms. The molecular formula is C36H58O6. The normalized spacial score (nSPS) is 18.3.